The molecule has 1 atom stereocenters. The molecule has 0 spiro atoms. The second-order valence-electron chi connectivity index (χ2n) is 6.69. The quantitative estimate of drug-likeness (QED) is 0.583. The fourth-order valence-electron chi connectivity index (χ4n) is 3.13. The van der Waals surface area contributed by atoms with Crippen molar-refractivity contribution in [3.63, 3.8) is 0 Å². The number of rotatable bonds is 7. The molecule has 0 aliphatic carbocycles. The van der Waals surface area contributed by atoms with Gasteiger partial charge >= 0.3 is 5.97 Å². The van der Waals surface area contributed by atoms with Crippen molar-refractivity contribution in [3.05, 3.63) is 54.0 Å². The Morgan fingerprint density at radius 1 is 1.21 bits per heavy atom. The predicted molar refractivity (Wildman–Crippen MR) is 103 cm³/mol. The molecule has 1 fully saturated rings. The average molecular weight is 384 g/mol. The molecule has 1 aromatic carbocycles. The minimum atomic E-state index is -0.545. The first kappa shape index (κ1) is 19.7. The highest BCUT2D eigenvalue weighted by molar-refractivity contribution is 6.00. The number of ether oxygens (including phenoxy) is 1. The van der Waals surface area contributed by atoms with Crippen LogP contribution in [0.1, 0.15) is 53.5 Å². The SMILES string of the molecule is CCCCOC(=O)c1ccc(NC(=O)C2CCCN2C(=O)c2ccco2)cc1. The van der Waals surface area contributed by atoms with Crippen LogP contribution in [0.2, 0.25) is 0 Å². The number of unbranched alkanes of at least 4 members (excludes halogenated alkanes) is 1. The summed E-state index contributed by atoms with van der Waals surface area (Å²) in [6.45, 7) is 2.94. The Morgan fingerprint density at radius 2 is 2.00 bits per heavy atom. The van der Waals surface area contributed by atoms with Crippen LogP contribution in [-0.4, -0.2) is 41.9 Å². The van der Waals surface area contributed by atoms with Gasteiger partial charge in [-0.25, -0.2) is 4.79 Å². The molecule has 148 valence electrons. The maximum atomic E-state index is 12.7. The number of amides is 2. The van der Waals surface area contributed by atoms with Crippen LogP contribution >= 0.6 is 0 Å². The Hall–Kier alpha value is -3.09. The van der Waals surface area contributed by atoms with E-state index in [9.17, 15) is 14.4 Å². The van der Waals surface area contributed by atoms with E-state index < -0.39 is 6.04 Å². The summed E-state index contributed by atoms with van der Waals surface area (Å²) in [7, 11) is 0. The van der Waals surface area contributed by atoms with Gasteiger partial charge in [-0.2, -0.15) is 0 Å². The zero-order chi connectivity index (χ0) is 19.9. The largest absolute Gasteiger partial charge is 0.462 e. The van der Waals surface area contributed by atoms with Gasteiger partial charge in [-0.1, -0.05) is 13.3 Å². The minimum Gasteiger partial charge on any atom is -0.462 e. The zero-order valence-corrected chi connectivity index (χ0v) is 15.8. The first-order valence-electron chi connectivity index (χ1n) is 9.52. The molecular formula is C21H24N2O5. The third-order valence-electron chi connectivity index (χ3n) is 4.67. The van der Waals surface area contributed by atoms with E-state index in [0.717, 1.165) is 19.3 Å². The molecule has 0 bridgehead atoms. The molecule has 2 heterocycles. The minimum absolute atomic E-state index is 0.227. The van der Waals surface area contributed by atoms with Crippen LogP contribution in [-0.2, 0) is 9.53 Å². The molecule has 3 rings (SSSR count). The lowest BCUT2D eigenvalue weighted by Crippen LogP contribution is -2.43. The normalized spacial score (nSPS) is 16.0. The van der Waals surface area contributed by atoms with Gasteiger partial charge in [0, 0.05) is 12.2 Å². The molecule has 2 amide bonds. The Bertz CT molecular complexity index is 814. The number of furan rings is 1. The number of anilines is 1. The highest BCUT2D eigenvalue weighted by Gasteiger charge is 2.35. The molecule has 1 N–H and O–H groups in total. The second-order valence-corrected chi connectivity index (χ2v) is 6.69. The lowest BCUT2D eigenvalue weighted by atomic mass is 10.1. The van der Waals surface area contributed by atoms with E-state index >= 15 is 0 Å². The molecule has 1 saturated heterocycles. The molecule has 7 nitrogen and oxygen atoms in total. The molecule has 0 radical (unpaired) electrons. The van der Waals surface area contributed by atoms with Gasteiger partial charge in [0.15, 0.2) is 5.76 Å². The number of likely N-dealkylation sites (tertiary alicyclic amines) is 1. The van der Waals surface area contributed by atoms with E-state index in [4.69, 9.17) is 9.15 Å². The van der Waals surface area contributed by atoms with Crippen molar-refractivity contribution in [2.45, 2.75) is 38.6 Å². The number of benzene rings is 1. The van der Waals surface area contributed by atoms with E-state index in [2.05, 4.69) is 5.32 Å². The summed E-state index contributed by atoms with van der Waals surface area (Å²) in [6, 6.07) is 9.23. The van der Waals surface area contributed by atoms with Crippen molar-refractivity contribution in [2.75, 3.05) is 18.5 Å². The number of esters is 1. The summed E-state index contributed by atoms with van der Waals surface area (Å²) >= 11 is 0. The molecule has 0 saturated carbocycles. The zero-order valence-electron chi connectivity index (χ0n) is 15.8. The van der Waals surface area contributed by atoms with Crippen LogP contribution in [0, 0.1) is 0 Å². The van der Waals surface area contributed by atoms with Gasteiger partial charge in [0.2, 0.25) is 5.91 Å². The number of nitrogens with one attached hydrogen (secondary N) is 1. The van der Waals surface area contributed by atoms with Crippen LogP contribution in [0.3, 0.4) is 0 Å². The van der Waals surface area contributed by atoms with E-state index in [1.807, 2.05) is 6.92 Å². The summed E-state index contributed by atoms with van der Waals surface area (Å²) in [4.78, 5) is 38.6. The van der Waals surface area contributed by atoms with Gasteiger partial charge in [0.25, 0.3) is 5.91 Å². The van der Waals surface area contributed by atoms with Crippen molar-refractivity contribution in [3.8, 4) is 0 Å². The van der Waals surface area contributed by atoms with Crippen molar-refractivity contribution in [1.82, 2.24) is 4.90 Å². The summed E-state index contributed by atoms with van der Waals surface area (Å²) in [5.74, 6) is -0.688. The molecule has 1 aliphatic rings. The summed E-state index contributed by atoms with van der Waals surface area (Å²) < 4.78 is 10.3. The number of nitrogens with zero attached hydrogens (tertiary/aromatic N) is 1. The highest BCUT2D eigenvalue weighted by Crippen LogP contribution is 2.22. The molecule has 1 unspecified atom stereocenters. The summed E-state index contributed by atoms with van der Waals surface area (Å²) in [5, 5.41) is 2.82. The third kappa shape index (κ3) is 4.60. The molecule has 1 aromatic heterocycles. The average Bonchev–Trinajstić information content (AvgIpc) is 3.40. The first-order chi connectivity index (χ1) is 13.6. The van der Waals surface area contributed by atoms with Crippen molar-refractivity contribution < 1.29 is 23.5 Å². The second kappa shape index (κ2) is 9.21. The Kier molecular flexibility index (Phi) is 6.47. The standard InChI is InChI=1S/C21H24N2O5/c1-2-3-13-28-21(26)15-8-10-16(11-9-15)22-19(24)17-6-4-12-23(17)20(25)18-7-5-14-27-18/h5,7-11,14,17H,2-4,6,12-13H2,1H3,(H,22,24). The summed E-state index contributed by atoms with van der Waals surface area (Å²) in [5.41, 5.74) is 0.997. The lowest BCUT2D eigenvalue weighted by molar-refractivity contribution is -0.119. The van der Waals surface area contributed by atoms with Crippen LogP contribution in [0.4, 0.5) is 5.69 Å². The van der Waals surface area contributed by atoms with Crippen molar-refractivity contribution in [1.29, 1.82) is 0 Å². The first-order valence-corrected chi connectivity index (χ1v) is 9.52. The van der Waals surface area contributed by atoms with Gasteiger partial charge in [0.05, 0.1) is 18.4 Å². The topological polar surface area (TPSA) is 88.9 Å². The molecule has 28 heavy (non-hydrogen) atoms. The Labute approximate surface area is 163 Å². The van der Waals surface area contributed by atoms with Crippen LogP contribution in [0.25, 0.3) is 0 Å². The van der Waals surface area contributed by atoms with E-state index in [1.54, 1.807) is 36.4 Å². The van der Waals surface area contributed by atoms with Crippen LogP contribution in [0.15, 0.2) is 47.1 Å². The summed E-state index contributed by atoms with van der Waals surface area (Å²) in [6.07, 6.45) is 4.58. The highest BCUT2D eigenvalue weighted by atomic mass is 16.5. The Balaban J connectivity index is 1.59. The van der Waals surface area contributed by atoms with E-state index in [1.165, 1.54) is 11.2 Å². The maximum absolute atomic E-state index is 12.7. The number of carbonyl (C=O) groups excluding carboxylic acids is 3. The monoisotopic (exact) mass is 384 g/mol. The van der Waals surface area contributed by atoms with Crippen molar-refractivity contribution in [2.24, 2.45) is 0 Å². The smallest absolute Gasteiger partial charge is 0.338 e. The van der Waals surface area contributed by atoms with Crippen molar-refractivity contribution >= 4 is 23.5 Å². The van der Waals surface area contributed by atoms with E-state index in [-0.39, 0.29) is 23.5 Å². The van der Waals surface area contributed by atoms with Gasteiger partial charge in [-0.05, 0) is 55.7 Å². The van der Waals surface area contributed by atoms with Gasteiger partial charge in [-0.15, -0.1) is 0 Å². The number of carbonyl (C=O) groups is 3. The molecular weight excluding hydrogens is 360 g/mol. The van der Waals surface area contributed by atoms with Gasteiger partial charge in [0.1, 0.15) is 6.04 Å². The molecule has 7 heteroatoms. The van der Waals surface area contributed by atoms with E-state index in [0.29, 0.717) is 30.8 Å². The van der Waals surface area contributed by atoms with Crippen LogP contribution in [0.5, 0.6) is 0 Å². The van der Waals surface area contributed by atoms with Crippen LogP contribution < -0.4 is 5.32 Å². The lowest BCUT2D eigenvalue weighted by Gasteiger charge is -2.23. The van der Waals surface area contributed by atoms with Gasteiger partial charge < -0.3 is 19.4 Å². The maximum Gasteiger partial charge on any atom is 0.338 e. The number of hydrogen-bond donors (Lipinski definition) is 1. The third-order valence-corrected chi connectivity index (χ3v) is 4.67. The Morgan fingerprint density at radius 3 is 2.68 bits per heavy atom. The fraction of sp³-hybridized carbons (Fsp3) is 0.381. The fourth-order valence-corrected chi connectivity index (χ4v) is 3.13. The number of hydrogen-bond acceptors (Lipinski definition) is 5. The predicted octanol–water partition coefficient (Wildman–Crippen LogP) is 3.48. The van der Waals surface area contributed by atoms with Gasteiger partial charge in [-0.3, -0.25) is 9.59 Å². The molecule has 1 aliphatic heterocycles. The molecule has 2 aromatic rings.